The van der Waals surface area contributed by atoms with Crippen LogP contribution in [-0.4, -0.2) is 22.9 Å². The third-order valence-corrected chi connectivity index (χ3v) is 1.70. The Kier molecular flexibility index (Phi) is 3.45. The van der Waals surface area contributed by atoms with Gasteiger partial charge in [-0.1, -0.05) is 0 Å². The Balaban J connectivity index is 2.41. The van der Waals surface area contributed by atoms with Crippen LogP contribution in [-0.2, 0) is 22.6 Å². The Hall–Kier alpha value is -1.36. The summed E-state index contributed by atoms with van der Waals surface area (Å²) in [4.78, 5) is 10.8. The van der Waals surface area contributed by atoms with Crippen LogP contribution < -0.4 is 5.73 Å². The number of methoxy groups -OCH3 is 1. The van der Waals surface area contributed by atoms with Crippen LogP contribution in [0.25, 0.3) is 0 Å². The second-order valence-electron chi connectivity index (χ2n) is 2.64. The number of hydrogen-bond donors (Lipinski definition) is 1. The number of carbonyl (C=O) groups excluding carboxylic acids is 1. The van der Waals surface area contributed by atoms with Crippen LogP contribution in [0.1, 0.15) is 12.0 Å². The number of rotatable bonds is 4. The monoisotopic (exact) mass is 183 g/mol. The molecule has 0 aliphatic rings. The van der Waals surface area contributed by atoms with E-state index in [9.17, 15) is 4.79 Å². The summed E-state index contributed by atoms with van der Waals surface area (Å²) in [6, 6.07) is 0. The van der Waals surface area contributed by atoms with Gasteiger partial charge in [0.05, 0.1) is 26.3 Å². The van der Waals surface area contributed by atoms with Gasteiger partial charge in [-0.15, -0.1) is 0 Å². The van der Waals surface area contributed by atoms with Crippen molar-refractivity contribution in [2.75, 3.05) is 7.11 Å². The molecule has 0 atom stereocenters. The summed E-state index contributed by atoms with van der Waals surface area (Å²) >= 11 is 0. The normalized spacial score (nSPS) is 10.0. The van der Waals surface area contributed by atoms with Crippen molar-refractivity contribution < 1.29 is 9.53 Å². The Morgan fingerprint density at radius 3 is 3.08 bits per heavy atom. The first kappa shape index (κ1) is 9.73. The molecule has 1 heterocycles. The molecule has 0 amide bonds. The molecule has 0 spiro atoms. The maximum Gasteiger partial charge on any atom is 0.307 e. The fraction of sp³-hybridized carbons (Fsp3) is 0.500. The quantitative estimate of drug-likeness (QED) is 0.662. The predicted octanol–water partition coefficient (Wildman–Crippen LogP) is -0.0951. The van der Waals surface area contributed by atoms with E-state index in [0.717, 1.165) is 5.56 Å². The second-order valence-corrected chi connectivity index (χ2v) is 2.64. The highest BCUT2D eigenvalue weighted by atomic mass is 16.5. The molecule has 0 radical (unpaired) electrons. The summed E-state index contributed by atoms with van der Waals surface area (Å²) < 4.78 is 6.18. The summed E-state index contributed by atoms with van der Waals surface area (Å²) in [5.41, 5.74) is 6.36. The number of nitrogens with two attached hydrogens (primary N) is 1. The summed E-state index contributed by atoms with van der Waals surface area (Å²) in [6.45, 7) is 1.00. The van der Waals surface area contributed by atoms with Crippen LogP contribution >= 0.6 is 0 Å². The van der Waals surface area contributed by atoms with Crippen LogP contribution in [0.5, 0.6) is 0 Å². The number of aromatic nitrogens is 2. The first-order chi connectivity index (χ1) is 6.26. The van der Waals surface area contributed by atoms with Crippen LogP contribution in [0.3, 0.4) is 0 Å². The molecule has 0 saturated heterocycles. The molecule has 5 heteroatoms. The topological polar surface area (TPSA) is 70.1 Å². The lowest BCUT2D eigenvalue weighted by atomic mass is 10.4. The second kappa shape index (κ2) is 4.61. The highest BCUT2D eigenvalue weighted by Gasteiger charge is 2.01. The molecule has 72 valence electrons. The Bertz CT molecular complexity index is 283. The first-order valence-corrected chi connectivity index (χ1v) is 4.04. The number of nitrogens with zero attached hydrogens (tertiary/aromatic N) is 2. The van der Waals surface area contributed by atoms with E-state index in [0.29, 0.717) is 19.5 Å². The average molecular weight is 183 g/mol. The Labute approximate surface area is 76.5 Å². The van der Waals surface area contributed by atoms with Gasteiger partial charge in [-0.3, -0.25) is 9.48 Å². The third kappa shape index (κ3) is 2.87. The van der Waals surface area contributed by atoms with Gasteiger partial charge < -0.3 is 10.5 Å². The van der Waals surface area contributed by atoms with Gasteiger partial charge in [-0.25, -0.2) is 0 Å². The molecular formula is C8H13N3O2. The molecule has 2 N–H and O–H groups in total. The van der Waals surface area contributed by atoms with Crippen molar-refractivity contribution in [1.82, 2.24) is 9.78 Å². The van der Waals surface area contributed by atoms with Crippen LogP contribution in [0.4, 0.5) is 0 Å². The molecule has 0 unspecified atom stereocenters. The number of hydrogen-bond acceptors (Lipinski definition) is 4. The maximum absolute atomic E-state index is 10.8. The largest absolute Gasteiger partial charge is 0.469 e. The van der Waals surface area contributed by atoms with Crippen molar-refractivity contribution in [1.29, 1.82) is 0 Å². The molecular weight excluding hydrogens is 170 g/mol. The molecule has 1 aromatic heterocycles. The van der Waals surface area contributed by atoms with Crippen molar-refractivity contribution in [3.8, 4) is 0 Å². The summed E-state index contributed by atoms with van der Waals surface area (Å²) in [6.07, 6.45) is 3.85. The van der Waals surface area contributed by atoms with Gasteiger partial charge in [0, 0.05) is 18.3 Å². The molecule has 0 bridgehead atoms. The SMILES string of the molecule is COC(=O)CCn1cc(CN)cn1. The summed E-state index contributed by atoms with van der Waals surface area (Å²) in [7, 11) is 1.37. The molecule has 0 saturated carbocycles. The fourth-order valence-electron chi connectivity index (χ4n) is 0.942. The lowest BCUT2D eigenvalue weighted by Gasteiger charge is -1.99. The number of aryl methyl sites for hydroxylation is 1. The van der Waals surface area contributed by atoms with Gasteiger partial charge in [-0.05, 0) is 0 Å². The highest BCUT2D eigenvalue weighted by Crippen LogP contribution is 1.97. The molecule has 1 rings (SSSR count). The lowest BCUT2D eigenvalue weighted by Crippen LogP contribution is -2.07. The minimum Gasteiger partial charge on any atom is -0.469 e. The van der Waals surface area contributed by atoms with Crippen LogP contribution in [0.2, 0.25) is 0 Å². The van der Waals surface area contributed by atoms with Crippen LogP contribution in [0.15, 0.2) is 12.4 Å². The zero-order valence-corrected chi connectivity index (χ0v) is 7.56. The van der Waals surface area contributed by atoms with Crippen molar-refractivity contribution in [3.05, 3.63) is 18.0 Å². The predicted molar refractivity (Wildman–Crippen MR) is 46.8 cm³/mol. The molecule has 0 aliphatic carbocycles. The van der Waals surface area contributed by atoms with E-state index in [-0.39, 0.29) is 5.97 Å². The minimum absolute atomic E-state index is 0.232. The van der Waals surface area contributed by atoms with Gasteiger partial charge in [0.15, 0.2) is 0 Å². The van der Waals surface area contributed by atoms with Gasteiger partial charge in [-0.2, -0.15) is 5.10 Å². The average Bonchev–Trinajstić information content (AvgIpc) is 2.61. The zero-order valence-electron chi connectivity index (χ0n) is 7.56. The summed E-state index contributed by atoms with van der Waals surface area (Å²) in [5, 5.41) is 4.02. The first-order valence-electron chi connectivity index (χ1n) is 4.04. The third-order valence-electron chi connectivity index (χ3n) is 1.70. The Morgan fingerprint density at radius 1 is 1.77 bits per heavy atom. The number of esters is 1. The van der Waals surface area contributed by atoms with E-state index in [2.05, 4.69) is 9.84 Å². The lowest BCUT2D eigenvalue weighted by molar-refractivity contribution is -0.140. The number of ether oxygens (including phenoxy) is 1. The smallest absolute Gasteiger partial charge is 0.307 e. The van der Waals surface area contributed by atoms with Gasteiger partial charge in [0.1, 0.15) is 0 Å². The van der Waals surface area contributed by atoms with Gasteiger partial charge in [0.25, 0.3) is 0 Å². The molecule has 1 aromatic rings. The van der Waals surface area contributed by atoms with Crippen molar-refractivity contribution in [3.63, 3.8) is 0 Å². The zero-order chi connectivity index (χ0) is 9.68. The molecule has 13 heavy (non-hydrogen) atoms. The highest BCUT2D eigenvalue weighted by molar-refractivity contribution is 5.68. The van der Waals surface area contributed by atoms with Crippen molar-refractivity contribution >= 4 is 5.97 Å². The van der Waals surface area contributed by atoms with E-state index in [1.165, 1.54) is 7.11 Å². The van der Waals surface area contributed by atoms with Crippen molar-refractivity contribution in [2.45, 2.75) is 19.5 Å². The van der Waals surface area contributed by atoms with E-state index in [4.69, 9.17) is 5.73 Å². The molecule has 0 aromatic carbocycles. The number of carbonyl (C=O) groups is 1. The maximum atomic E-state index is 10.8. The Morgan fingerprint density at radius 2 is 2.54 bits per heavy atom. The molecule has 0 aliphatic heterocycles. The minimum atomic E-state index is -0.232. The molecule has 0 fully saturated rings. The standard InChI is InChI=1S/C8H13N3O2/c1-13-8(12)2-3-11-6-7(4-9)5-10-11/h5-6H,2-4,9H2,1H3. The fourth-order valence-corrected chi connectivity index (χ4v) is 0.942. The van der Waals surface area contributed by atoms with E-state index in [1.807, 2.05) is 6.20 Å². The van der Waals surface area contributed by atoms with Crippen LogP contribution in [0, 0.1) is 0 Å². The summed E-state index contributed by atoms with van der Waals surface area (Å²) in [5.74, 6) is -0.232. The van der Waals surface area contributed by atoms with E-state index < -0.39 is 0 Å². The van der Waals surface area contributed by atoms with Crippen molar-refractivity contribution in [2.24, 2.45) is 5.73 Å². The van der Waals surface area contributed by atoms with Gasteiger partial charge in [0.2, 0.25) is 0 Å². The van der Waals surface area contributed by atoms with Gasteiger partial charge >= 0.3 is 5.97 Å². The van der Waals surface area contributed by atoms with E-state index >= 15 is 0 Å². The van der Waals surface area contributed by atoms with E-state index in [1.54, 1.807) is 10.9 Å². The molecule has 5 nitrogen and oxygen atoms in total.